The van der Waals surface area contributed by atoms with Crippen LogP contribution in [0.4, 0.5) is 0 Å². The van der Waals surface area contributed by atoms with Crippen molar-refractivity contribution in [3.63, 3.8) is 0 Å². The highest BCUT2D eigenvalue weighted by molar-refractivity contribution is 5.84. The fourth-order valence-corrected chi connectivity index (χ4v) is 2.24. The van der Waals surface area contributed by atoms with E-state index < -0.39 is 0 Å². The Morgan fingerprint density at radius 1 is 1.04 bits per heavy atom. The fourth-order valence-electron chi connectivity index (χ4n) is 2.24. The van der Waals surface area contributed by atoms with Gasteiger partial charge in [0.2, 0.25) is 0 Å². The molecule has 3 rings (SSSR count). The number of ether oxygens (including phenoxy) is 1. The first-order chi connectivity index (χ1) is 12.8. The molecule has 0 fully saturated rings. The van der Waals surface area contributed by atoms with Crippen molar-refractivity contribution in [3.05, 3.63) is 84.8 Å². The van der Waals surface area contributed by atoms with Gasteiger partial charge in [0.1, 0.15) is 11.5 Å². The van der Waals surface area contributed by atoms with Crippen molar-refractivity contribution in [1.29, 1.82) is 0 Å². The Hall–Kier alpha value is -3.60. The van der Waals surface area contributed by atoms with Crippen molar-refractivity contribution in [2.75, 3.05) is 6.61 Å². The number of benzene rings is 2. The van der Waals surface area contributed by atoms with Gasteiger partial charge in [-0.15, -0.1) is 0 Å². The first kappa shape index (κ1) is 17.2. The minimum atomic E-state index is -0.325. The van der Waals surface area contributed by atoms with E-state index in [2.05, 4.69) is 10.5 Å². The number of rotatable bonds is 7. The number of hydrogen-bond acceptors (Lipinski definition) is 4. The lowest BCUT2D eigenvalue weighted by Crippen LogP contribution is -2.24. The standard InChI is InChI=1S/C21H18N2O3/c24-21(23-22-13-5-1-2-9-19-10-6-14-25-19)16-26-20-12-11-17-7-3-4-8-18(17)15-20/h1-15H,16H2,(H,23,24)/b5-1+,9-2-,22-13?. The van der Waals surface area contributed by atoms with Crippen LogP contribution in [-0.2, 0) is 4.79 Å². The van der Waals surface area contributed by atoms with E-state index in [-0.39, 0.29) is 12.5 Å². The van der Waals surface area contributed by atoms with E-state index in [4.69, 9.17) is 9.15 Å². The zero-order valence-corrected chi connectivity index (χ0v) is 14.0. The number of furan rings is 1. The minimum absolute atomic E-state index is 0.0994. The summed E-state index contributed by atoms with van der Waals surface area (Å²) in [5.74, 6) is 1.09. The SMILES string of the molecule is O=C(COc1ccc2ccccc2c1)NN=C/C=C/C=C\c1ccco1. The number of nitrogens with zero attached hydrogens (tertiary/aromatic N) is 1. The molecule has 1 amide bonds. The van der Waals surface area contributed by atoms with Crippen LogP contribution in [0.15, 0.2) is 88.6 Å². The van der Waals surface area contributed by atoms with Gasteiger partial charge in [0.15, 0.2) is 6.61 Å². The zero-order chi connectivity index (χ0) is 18.0. The number of nitrogens with one attached hydrogen (secondary N) is 1. The molecule has 0 saturated carbocycles. The minimum Gasteiger partial charge on any atom is -0.484 e. The quantitative estimate of drug-likeness (QED) is 0.396. The maximum atomic E-state index is 11.7. The number of fused-ring (bicyclic) bond motifs is 1. The molecular weight excluding hydrogens is 328 g/mol. The summed E-state index contributed by atoms with van der Waals surface area (Å²) in [6.45, 7) is -0.0994. The van der Waals surface area contributed by atoms with Gasteiger partial charge in [0.25, 0.3) is 5.91 Å². The number of hydrogen-bond donors (Lipinski definition) is 1. The average molecular weight is 346 g/mol. The second-order valence-corrected chi connectivity index (χ2v) is 5.37. The van der Waals surface area contributed by atoms with E-state index in [1.165, 1.54) is 6.21 Å². The maximum Gasteiger partial charge on any atom is 0.277 e. The van der Waals surface area contributed by atoms with Gasteiger partial charge >= 0.3 is 0 Å². The lowest BCUT2D eigenvalue weighted by molar-refractivity contribution is -0.123. The largest absolute Gasteiger partial charge is 0.484 e. The number of carbonyl (C=O) groups excluding carboxylic acids is 1. The summed E-state index contributed by atoms with van der Waals surface area (Å²) in [6, 6.07) is 17.3. The van der Waals surface area contributed by atoms with Gasteiger partial charge in [-0.3, -0.25) is 4.79 Å². The first-order valence-electron chi connectivity index (χ1n) is 8.11. The molecule has 1 aromatic heterocycles. The zero-order valence-electron chi connectivity index (χ0n) is 14.0. The van der Waals surface area contributed by atoms with Crippen molar-refractivity contribution < 1.29 is 13.9 Å². The Labute approximate surface area is 151 Å². The lowest BCUT2D eigenvalue weighted by atomic mass is 10.1. The summed E-state index contributed by atoms with van der Waals surface area (Å²) in [4.78, 5) is 11.7. The van der Waals surface area contributed by atoms with Crippen molar-refractivity contribution in [3.8, 4) is 5.75 Å². The monoisotopic (exact) mass is 346 g/mol. The van der Waals surface area contributed by atoms with Gasteiger partial charge in [-0.1, -0.05) is 42.5 Å². The number of carbonyl (C=O) groups is 1. The molecule has 5 nitrogen and oxygen atoms in total. The van der Waals surface area contributed by atoms with E-state index in [1.807, 2.05) is 66.7 Å². The van der Waals surface area contributed by atoms with Crippen molar-refractivity contribution >= 4 is 29.0 Å². The molecule has 2 aromatic carbocycles. The highest BCUT2D eigenvalue weighted by Gasteiger charge is 2.02. The molecule has 0 atom stereocenters. The predicted molar refractivity (Wildman–Crippen MR) is 103 cm³/mol. The molecule has 3 aromatic rings. The Morgan fingerprint density at radius 2 is 1.92 bits per heavy atom. The van der Waals surface area contributed by atoms with Gasteiger partial charge in [0.05, 0.1) is 6.26 Å². The molecule has 0 unspecified atom stereocenters. The van der Waals surface area contributed by atoms with E-state index in [1.54, 1.807) is 18.4 Å². The van der Waals surface area contributed by atoms with Crippen LogP contribution in [0.2, 0.25) is 0 Å². The molecule has 0 aliphatic rings. The normalized spacial score (nSPS) is 11.7. The first-order valence-corrected chi connectivity index (χ1v) is 8.11. The highest BCUT2D eigenvalue weighted by atomic mass is 16.5. The molecule has 1 N–H and O–H groups in total. The van der Waals surface area contributed by atoms with E-state index in [9.17, 15) is 4.79 Å². The topological polar surface area (TPSA) is 63.8 Å². The molecule has 1 heterocycles. The van der Waals surface area contributed by atoms with Crippen molar-refractivity contribution in [1.82, 2.24) is 5.43 Å². The summed E-state index contributed by atoms with van der Waals surface area (Å²) in [5.41, 5.74) is 2.41. The summed E-state index contributed by atoms with van der Waals surface area (Å²) in [7, 11) is 0. The molecule has 0 bridgehead atoms. The molecule has 0 spiro atoms. The molecule has 0 aliphatic carbocycles. The third-order valence-corrected chi connectivity index (χ3v) is 3.47. The number of hydrazone groups is 1. The van der Waals surface area contributed by atoms with E-state index >= 15 is 0 Å². The van der Waals surface area contributed by atoms with Crippen LogP contribution in [0, 0.1) is 0 Å². The smallest absolute Gasteiger partial charge is 0.277 e. The molecular formula is C21H18N2O3. The van der Waals surface area contributed by atoms with Gasteiger partial charge < -0.3 is 9.15 Å². The van der Waals surface area contributed by atoms with E-state index in [0.29, 0.717) is 5.75 Å². The van der Waals surface area contributed by atoms with Gasteiger partial charge in [-0.05, 0) is 47.2 Å². The van der Waals surface area contributed by atoms with Crippen LogP contribution in [-0.4, -0.2) is 18.7 Å². The molecule has 0 saturated heterocycles. The fraction of sp³-hybridized carbons (Fsp3) is 0.0476. The number of amides is 1. The summed E-state index contributed by atoms with van der Waals surface area (Å²) in [6.07, 6.45) is 10.2. The molecule has 130 valence electrons. The van der Waals surface area contributed by atoms with Crippen molar-refractivity contribution in [2.24, 2.45) is 5.10 Å². The van der Waals surface area contributed by atoms with Crippen LogP contribution in [0.1, 0.15) is 5.76 Å². The van der Waals surface area contributed by atoms with Gasteiger partial charge in [-0.2, -0.15) is 5.10 Å². The molecule has 0 aliphatic heterocycles. The third kappa shape index (κ3) is 5.21. The average Bonchev–Trinajstić information content (AvgIpc) is 3.19. The summed E-state index contributed by atoms with van der Waals surface area (Å²) in [5, 5.41) is 6.01. The van der Waals surface area contributed by atoms with Crippen LogP contribution in [0.3, 0.4) is 0 Å². The Morgan fingerprint density at radius 3 is 2.77 bits per heavy atom. The highest BCUT2D eigenvalue weighted by Crippen LogP contribution is 2.20. The molecule has 5 heteroatoms. The third-order valence-electron chi connectivity index (χ3n) is 3.47. The summed E-state index contributed by atoms with van der Waals surface area (Å²) < 4.78 is 10.6. The van der Waals surface area contributed by atoms with Gasteiger partial charge in [0, 0.05) is 6.21 Å². The van der Waals surface area contributed by atoms with Crippen LogP contribution in [0.25, 0.3) is 16.8 Å². The second kappa shape index (κ2) is 9.03. The molecule has 0 radical (unpaired) electrons. The predicted octanol–water partition coefficient (Wildman–Crippen LogP) is 4.18. The maximum absolute atomic E-state index is 11.7. The summed E-state index contributed by atoms with van der Waals surface area (Å²) >= 11 is 0. The van der Waals surface area contributed by atoms with E-state index in [0.717, 1.165) is 16.5 Å². The van der Waals surface area contributed by atoms with Crippen molar-refractivity contribution in [2.45, 2.75) is 0 Å². The van der Waals surface area contributed by atoms with Crippen LogP contribution >= 0.6 is 0 Å². The Balaban J connectivity index is 1.40. The number of allylic oxidation sites excluding steroid dienone is 3. The second-order valence-electron chi connectivity index (χ2n) is 5.37. The van der Waals surface area contributed by atoms with Crippen LogP contribution in [0.5, 0.6) is 5.75 Å². The lowest BCUT2D eigenvalue weighted by Gasteiger charge is -2.06. The molecule has 26 heavy (non-hydrogen) atoms. The Bertz CT molecular complexity index is 941. The van der Waals surface area contributed by atoms with Gasteiger partial charge in [-0.25, -0.2) is 5.43 Å². The van der Waals surface area contributed by atoms with Crippen LogP contribution < -0.4 is 10.2 Å². The Kier molecular flexibility index (Phi) is 5.99.